The van der Waals surface area contributed by atoms with E-state index in [1.54, 1.807) is 48.5 Å². The van der Waals surface area contributed by atoms with Crippen LogP contribution in [0.2, 0.25) is 10.0 Å². The van der Waals surface area contributed by atoms with Crippen LogP contribution in [0.15, 0.2) is 48.5 Å². The molecule has 0 aliphatic rings. The van der Waals surface area contributed by atoms with Crippen LogP contribution >= 0.6 is 23.2 Å². The Hall–Kier alpha value is -2.12. The molecule has 0 aromatic heterocycles. The predicted octanol–water partition coefficient (Wildman–Crippen LogP) is 1.89. The number of halogens is 2. The van der Waals surface area contributed by atoms with Gasteiger partial charge in [0, 0.05) is 10.6 Å². The van der Waals surface area contributed by atoms with Gasteiger partial charge in [0.25, 0.3) is 11.8 Å². The first-order chi connectivity index (χ1) is 10.5. The number of carbonyl (C=O) groups is 2. The first-order valence-electron chi connectivity index (χ1n) is 6.01. The molecule has 0 saturated heterocycles. The fraction of sp³-hybridized carbons (Fsp3) is 0. The van der Waals surface area contributed by atoms with Gasteiger partial charge in [0.2, 0.25) is 0 Å². The Morgan fingerprint density at radius 1 is 0.864 bits per heavy atom. The third-order valence-corrected chi connectivity index (χ3v) is 3.03. The van der Waals surface area contributed by atoms with Crippen molar-refractivity contribution in [2.24, 2.45) is 11.7 Å². The summed E-state index contributed by atoms with van der Waals surface area (Å²) in [5.41, 5.74) is 4.85. The summed E-state index contributed by atoms with van der Waals surface area (Å²) >= 11 is 11.3. The average molecular weight is 341 g/mol. The van der Waals surface area contributed by atoms with Crippen molar-refractivity contribution in [3.63, 3.8) is 0 Å². The van der Waals surface area contributed by atoms with Crippen LogP contribution in [-0.2, 0) is 0 Å². The lowest BCUT2D eigenvalue weighted by atomic mass is 10.2. The Bertz CT molecular complexity index is 665. The summed E-state index contributed by atoms with van der Waals surface area (Å²) < 4.78 is 0. The van der Waals surface area contributed by atoms with Gasteiger partial charge in [0.15, 0.2) is 0 Å². The SMILES string of the molecule is NNC(=O)c1cccc(Cl)c1.NNC(=O)c1ccccc1Cl. The fourth-order valence-electron chi connectivity index (χ4n) is 1.44. The molecule has 22 heavy (non-hydrogen) atoms. The summed E-state index contributed by atoms with van der Waals surface area (Å²) in [5.74, 6) is 9.11. The molecule has 2 amide bonds. The summed E-state index contributed by atoms with van der Waals surface area (Å²) in [7, 11) is 0. The van der Waals surface area contributed by atoms with Crippen LogP contribution in [-0.4, -0.2) is 11.8 Å². The molecule has 8 heteroatoms. The van der Waals surface area contributed by atoms with Crippen LogP contribution in [0.5, 0.6) is 0 Å². The van der Waals surface area contributed by atoms with Gasteiger partial charge in [-0.1, -0.05) is 41.4 Å². The van der Waals surface area contributed by atoms with Gasteiger partial charge >= 0.3 is 0 Å². The van der Waals surface area contributed by atoms with Crippen LogP contribution in [0, 0.1) is 0 Å². The number of nitrogens with two attached hydrogens (primary N) is 2. The highest BCUT2D eigenvalue weighted by Gasteiger charge is 2.05. The maximum Gasteiger partial charge on any atom is 0.266 e. The van der Waals surface area contributed by atoms with Crippen LogP contribution in [0.3, 0.4) is 0 Å². The van der Waals surface area contributed by atoms with Gasteiger partial charge in [-0.25, -0.2) is 11.7 Å². The maximum atomic E-state index is 10.9. The molecule has 2 rings (SSSR count). The Labute approximate surface area is 137 Å². The average Bonchev–Trinajstić information content (AvgIpc) is 2.54. The Morgan fingerprint density at radius 2 is 1.50 bits per heavy atom. The third kappa shape index (κ3) is 5.34. The molecule has 0 unspecified atom stereocenters. The summed E-state index contributed by atoms with van der Waals surface area (Å²) in [6.45, 7) is 0. The highest BCUT2D eigenvalue weighted by molar-refractivity contribution is 6.33. The number of rotatable bonds is 2. The Kier molecular flexibility index (Phi) is 7.34. The molecule has 0 radical (unpaired) electrons. The van der Waals surface area contributed by atoms with Crippen LogP contribution in [0.1, 0.15) is 20.7 Å². The number of amides is 2. The van der Waals surface area contributed by atoms with Crippen molar-refractivity contribution >= 4 is 35.0 Å². The van der Waals surface area contributed by atoms with E-state index in [2.05, 4.69) is 0 Å². The van der Waals surface area contributed by atoms with E-state index in [0.29, 0.717) is 21.2 Å². The van der Waals surface area contributed by atoms with Gasteiger partial charge in [0.05, 0.1) is 10.6 Å². The second-order valence-corrected chi connectivity index (χ2v) is 4.78. The largest absolute Gasteiger partial charge is 0.290 e. The van der Waals surface area contributed by atoms with Crippen molar-refractivity contribution in [1.29, 1.82) is 0 Å². The van der Waals surface area contributed by atoms with E-state index in [-0.39, 0.29) is 11.8 Å². The minimum atomic E-state index is -0.379. The van der Waals surface area contributed by atoms with Crippen molar-refractivity contribution in [3.05, 3.63) is 69.7 Å². The summed E-state index contributed by atoms with van der Waals surface area (Å²) in [6.07, 6.45) is 0. The maximum absolute atomic E-state index is 10.9. The monoisotopic (exact) mass is 340 g/mol. The summed E-state index contributed by atoms with van der Waals surface area (Å²) in [5, 5.41) is 0.918. The van der Waals surface area contributed by atoms with Gasteiger partial charge in [0.1, 0.15) is 0 Å². The molecule has 0 saturated carbocycles. The number of nitrogen functional groups attached to an aromatic ring is 2. The molecule has 0 spiro atoms. The van der Waals surface area contributed by atoms with Gasteiger partial charge in [-0.05, 0) is 30.3 Å². The second-order valence-electron chi connectivity index (χ2n) is 3.94. The van der Waals surface area contributed by atoms with Crippen LogP contribution in [0.4, 0.5) is 0 Å². The molecule has 0 bridgehead atoms. The van der Waals surface area contributed by atoms with Crippen LogP contribution in [0.25, 0.3) is 0 Å². The number of benzene rings is 2. The smallest absolute Gasteiger partial charge is 0.266 e. The molecule has 2 aromatic carbocycles. The van der Waals surface area contributed by atoms with Crippen molar-refractivity contribution in [2.75, 3.05) is 0 Å². The quantitative estimate of drug-likeness (QED) is 0.380. The van der Waals surface area contributed by atoms with Crippen LogP contribution < -0.4 is 22.5 Å². The summed E-state index contributed by atoms with van der Waals surface area (Å²) in [4.78, 5) is 21.8. The van der Waals surface area contributed by atoms with Crippen molar-refractivity contribution in [2.45, 2.75) is 0 Å². The number of carbonyl (C=O) groups excluding carboxylic acids is 2. The second kappa shape index (κ2) is 9.01. The zero-order valence-electron chi connectivity index (χ0n) is 11.3. The van der Waals surface area contributed by atoms with E-state index in [1.807, 2.05) is 10.9 Å². The van der Waals surface area contributed by atoms with Gasteiger partial charge in [-0.3, -0.25) is 20.4 Å². The Balaban J connectivity index is 0.000000220. The van der Waals surface area contributed by atoms with E-state index < -0.39 is 0 Å². The van der Waals surface area contributed by atoms with Gasteiger partial charge in [-0.15, -0.1) is 0 Å². The lowest BCUT2D eigenvalue weighted by molar-refractivity contribution is 0.0946. The lowest BCUT2D eigenvalue weighted by Gasteiger charge is -1.99. The van der Waals surface area contributed by atoms with Gasteiger partial charge in [-0.2, -0.15) is 0 Å². The zero-order valence-corrected chi connectivity index (χ0v) is 12.9. The first-order valence-corrected chi connectivity index (χ1v) is 6.77. The van der Waals surface area contributed by atoms with E-state index in [9.17, 15) is 9.59 Å². The normalized spacial score (nSPS) is 9.27. The molecule has 0 atom stereocenters. The molecule has 0 heterocycles. The highest BCUT2D eigenvalue weighted by atomic mass is 35.5. The van der Waals surface area contributed by atoms with E-state index >= 15 is 0 Å². The minimum Gasteiger partial charge on any atom is -0.290 e. The number of hydrogen-bond acceptors (Lipinski definition) is 4. The standard InChI is InChI=1S/2C7H7ClN2O/c8-6-3-1-2-5(4-6)7(11)10-9;8-6-4-2-1-3-5(6)7(11)10-9/h2*1-4H,9H2,(H,10,11). The molecule has 6 N–H and O–H groups in total. The van der Waals surface area contributed by atoms with Crippen molar-refractivity contribution in [3.8, 4) is 0 Å². The highest BCUT2D eigenvalue weighted by Crippen LogP contribution is 2.13. The number of hydrazine groups is 2. The Morgan fingerprint density at radius 3 is 2.05 bits per heavy atom. The predicted molar refractivity (Wildman–Crippen MR) is 86.2 cm³/mol. The molecule has 2 aromatic rings. The topological polar surface area (TPSA) is 110 Å². The van der Waals surface area contributed by atoms with E-state index in [0.717, 1.165) is 0 Å². The van der Waals surface area contributed by atoms with E-state index in [1.165, 1.54) is 0 Å². The third-order valence-electron chi connectivity index (χ3n) is 2.47. The number of hydrogen-bond donors (Lipinski definition) is 4. The molecule has 6 nitrogen and oxygen atoms in total. The zero-order chi connectivity index (χ0) is 16.5. The molecule has 0 aliphatic carbocycles. The van der Waals surface area contributed by atoms with E-state index in [4.69, 9.17) is 34.9 Å². The molecule has 0 fully saturated rings. The van der Waals surface area contributed by atoms with Crippen molar-refractivity contribution < 1.29 is 9.59 Å². The lowest BCUT2D eigenvalue weighted by Crippen LogP contribution is -2.30. The molecular weight excluding hydrogens is 327 g/mol. The van der Waals surface area contributed by atoms with Crippen molar-refractivity contribution in [1.82, 2.24) is 10.9 Å². The fourth-order valence-corrected chi connectivity index (χ4v) is 1.85. The molecule has 116 valence electrons. The number of nitrogens with one attached hydrogen (secondary N) is 2. The molecular formula is C14H14Cl2N4O2. The first kappa shape index (κ1) is 17.9. The van der Waals surface area contributed by atoms with Gasteiger partial charge < -0.3 is 0 Å². The molecule has 0 aliphatic heterocycles. The minimum absolute atomic E-state index is 0.340. The summed E-state index contributed by atoms with van der Waals surface area (Å²) in [6, 6.07) is 13.3.